The molecule has 0 aromatic carbocycles. The number of ether oxygens (including phenoxy) is 1. The van der Waals surface area contributed by atoms with E-state index in [4.69, 9.17) is 4.74 Å². The minimum absolute atomic E-state index is 0.0126. The molecule has 0 aromatic rings. The fourth-order valence-electron chi connectivity index (χ4n) is 2.48. The monoisotopic (exact) mass is 225 g/mol. The Labute approximate surface area is 98.1 Å². The molecule has 3 nitrogen and oxygen atoms in total. The van der Waals surface area contributed by atoms with Crippen molar-refractivity contribution in [3.8, 4) is 0 Å². The molecule has 2 fully saturated rings. The predicted molar refractivity (Wildman–Crippen MR) is 63.1 cm³/mol. The van der Waals surface area contributed by atoms with E-state index in [1.165, 1.54) is 32.4 Å². The third-order valence-corrected chi connectivity index (χ3v) is 3.68. The molecule has 0 amide bonds. The zero-order valence-corrected chi connectivity index (χ0v) is 10.3. The molecule has 1 aliphatic carbocycles. The van der Waals surface area contributed by atoms with Gasteiger partial charge in [0.15, 0.2) is 0 Å². The standard InChI is InChI=1S/C13H23NO2/c1-2-16-13(15)12-4-3-8-14(10-12)9-7-11-5-6-11/h11-12H,2-10H2,1H3/t12-/m0/s1. The molecule has 2 aliphatic rings. The lowest BCUT2D eigenvalue weighted by atomic mass is 9.98. The van der Waals surface area contributed by atoms with Gasteiger partial charge in [0.25, 0.3) is 0 Å². The van der Waals surface area contributed by atoms with Gasteiger partial charge >= 0.3 is 5.97 Å². The van der Waals surface area contributed by atoms with Crippen LogP contribution in [0.5, 0.6) is 0 Å². The molecule has 0 aromatic heterocycles. The van der Waals surface area contributed by atoms with E-state index < -0.39 is 0 Å². The molecule has 0 spiro atoms. The van der Waals surface area contributed by atoms with Gasteiger partial charge in [-0.05, 0) is 45.2 Å². The van der Waals surface area contributed by atoms with Crippen molar-refractivity contribution in [2.24, 2.45) is 11.8 Å². The maximum atomic E-state index is 11.6. The fourth-order valence-corrected chi connectivity index (χ4v) is 2.48. The highest BCUT2D eigenvalue weighted by Crippen LogP contribution is 2.32. The SMILES string of the molecule is CCOC(=O)[C@H]1CCCN(CCC2CC2)C1. The number of likely N-dealkylation sites (tertiary alicyclic amines) is 1. The van der Waals surface area contributed by atoms with Crippen molar-refractivity contribution in [1.82, 2.24) is 4.90 Å². The Hall–Kier alpha value is -0.570. The van der Waals surface area contributed by atoms with Gasteiger partial charge < -0.3 is 9.64 Å². The average molecular weight is 225 g/mol. The van der Waals surface area contributed by atoms with Crippen molar-refractivity contribution in [2.45, 2.75) is 39.0 Å². The molecule has 0 unspecified atom stereocenters. The molecule has 1 saturated carbocycles. The van der Waals surface area contributed by atoms with Crippen molar-refractivity contribution in [3.05, 3.63) is 0 Å². The second-order valence-electron chi connectivity index (χ2n) is 5.12. The molecule has 16 heavy (non-hydrogen) atoms. The highest BCUT2D eigenvalue weighted by molar-refractivity contribution is 5.72. The Morgan fingerprint density at radius 2 is 2.19 bits per heavy atom. The van der Waals surface area contributed by atoms with Crippen LogP contribution < -0.4 is 0 Å². The van der Waals surface area contributed by atoms with Crippen LogP contribution >= 0.6 is 0 Å². The third kappa shape index (κ3) is 3.48. The molecule has 1 atom stereocenters. The largest absolute Gasteiger partial charge is 0.466 e. The lowest BCUT2D eigenvalue weighted by Crippen LogP contribution is -2.39. The molecule has 0 radical (unpaired) electrons. The minimum Gasteiger partial charge on any atom is -0.466 e. The van der Waals surface area contributed by atoms with Crippen LogP contribution in [0.4, 0.5) is 0 Å². The van der Waals surface area contributed by atoms with Gasteiger partial charge in [0, 0.05) is 6.54 Å². The summed E-state index contributed by atoms with van der Waals surface area (Å²) in [5.74, 6) is 1.13. The zero-order valence-electron chi connectivity index (χ0n) is 10.3. The van der Waals surface area contributed by atoms with Crippen LogP contribution in [0.25, 0.3) is 0 Å². The van der Waals surface area contributed by atoms with Gasteiger partial charge in [-0.15, -0.1) is 0 Å². The number of hydrogen-bond acceptors (Lipinski definition) is 3. The summed E-state index contributed by atoms with van der Waals surface area (Å²) >= 11 is 0. The lowest BCUT2D eigenvalue weighted by Gasteiger charge is -2.31. The second kappa shape index (κ2) is 5.67. The topological polar surface area (TPSA) is 29.5 Å². The summed E-state index contributed by atoms with van der Waals surface area (Å²) in [7, 11) is 0. The summed E-state index contributed by atoms with van der Waals surface area (Å²) in [5.41, 5.74) is 0. The molecular weight excluding hydrogens is 202 g/mol. The quantitative estimate of drug-likeness (QED) is 0.671. The van der Waals surface area contributed by atoms with Crippen LogP contribution in [-0.2, 0) is 9.53 Å². The van der Waals surface area contributed by atoms with Crippen LogP contribution in [0, 0.1) is 11.8 Å². The molecule has 1 aliphatic heterocycles. The van der Waals surface area contributed by atoms with Crippen molar-refractivity contribution >= 4 is 5.97 Å². The second-order valence-corrected chi connectivity index (χ2v) is 5.12. The van der Waals surface area contributed by atoms with Crippen molar-refractivity contribution < 1.29 is 9.53 Å². The molecule has 0 bridgehead atoms. The van der Waals surface area contributed by atoms with E-state index in [2.05, 4.69) is 4.90 Å². The van der Waals surface area contributed by atoms with Crippen LogP contribution in [0.1, 0.15) is 39.0 Å². The van der Waals surface area contributed by atoms with E-state index in [1.807, 2.05) is 6.92 Å². The van der Waals surface area contributed by atoms with Crippen LogP contribution in [0.2, 0.25) is 0 Å². The van der Waals surface area contributed by atoms with E-state index in [9.17, 15) is 4.79 Å². The number of hydrogen-bond donors (Lipinski definition) is 0. The summed E-state index contributed by atoms with van der Waals surface area (Å²) in [4.78, 5) is 14.1. The maximum absolute atomic E-state index is 11.6. The van der Waals surface area contributed by atoms with E-state index in [0.29, 0.717) is 6.61 Å². The van der Waals surface area contributed by atoms with Gasteiger partial charge in [0.2, 0.25) is 0 Å². The Bertz CT molecular complexity index is 238. The van der Waals surface area contributed by atoms with E-state index in [1.54, 1.807) is 0 Å². The summed E-state index contributed by atoms with van der Waals surface area (Å²) < 4.78 is 5.10. The Morgan fingerprint density at radius 1 is 1.38 bits per heavy atom. The summed E-state index contributed by atoms with van der Waals surface area (Å²) in [5, 5.41) is 0. The zero-order chi connectivity index (χ0) is 11.4. The van der Waals surface area contributed by atoms with Gasteiger partial charge in [-0.2, -0.15) is 0 Å². The van der Waals surface area contributed by atoms with Crippen LogP contribution in [0.15, 0.2) is 0 Å². The van der Waals surface area contributed by atoms with Crippen molar-refractivity contribution in [3.63, 3.8) is 0 Å². The molecule has 2 rings (SSSR count). The lowest BCUT2D eigenvalue weighted by molar-refractivity contribution is -0.149. The van der Waals surface area contributed by atoms with Gasteiger partial charge in [-0.25, -0.2) is 0 Å². The Balaban J connectivity index is 1.71. The first-order valence-corrected chi connectivity index (χ1v) is 6.68. The van der Waals surface area contributed by atoms with E-state index in [-0.39, 0.29) is 11.9 Å². The molecule has 1 heterocycles. The van der Waals surface area contributed by atoms with Crippen LogP contribution in [0.3, 0.4) is 0 Å². The molecule has 3 heteroatoms. The Morgan fingerprint density at radius 3 is 2.88 bits per heavy atom. The normalized spacial score (nSPS) is 26.7. The van der Waals surface area contributed by atoms with E-state index >= 15 is 0 Å². The van der Waals surface area contributed by atoms with Crippen molar-refractivity contribution in [1.29, 1.82) is 0 Å². The van der Waals surface area contributed by atoms with Gasteiger partial charge in [0.1, 0.15) is 0 Å². The first-order valence-electron chi connectivity index (χ1n) is 6.68. The molecule has 92 valence electrons. The minimum atomic E-state index is 0.0126. The van der Waals surface area contributed by atoms with Crippen LogP contribution in [-0.4, -0.2) is 37.1 Å². The molecular formula is C13H23NO2. The maximum Gasteiger partial charge on any atom is 0.310 e. The Kier molecular flexibility index (Phi) is 4.22. The highest BCUT2D eigenvalue weighted by atomic mass is 16.5. The highest BCUT2D eigenvalue weighted by Gasteiger charge is 2.28. The van der Waals surface area contributed by atoms with Gasteiger partial charge in [0.05, 0.1) is 12.5 Å². The number of nitrogens with zero attached hydrogens (tertiary/aromatic N) is 1. The number of rotatable bonds is 5. The fraction of sp³-hybridized carbons (Fsp3) is 0.923. The van der Waals surface area contributed by atoms with Gasteiger partial charge in [-0.1, -0.05) is 12.8 Å². The average Bonchev–Trinajstić information content (AvgIpc) is 3.11. The number of carbonyl (C=O) groups excluding carboxylic acids is 1. The smallest absolute Gasteiger partial charge is 0.310 e. The predicted octanol–water partition coefficient (Wildman–Crippen LogP) is 2.06. The summed E-state index contributed by atoms with van der Waals surface area (Å²) in [6.07, 6.45) is 6.34. The molecule has 0 N–H and O–H groups in total. The number of esters is 1. The van der Waals surface area contributed by atoms with Gasteiger partial charge in [-0.3, -0.25) is 4.79 Å². The van der Waals surface area contributed by atoms with Crippen molar-refractivity contribution in [2.75, 3.05) is 26.2 Å². The first kappa shape index (κ1) is 11.9. The summed E-state index contributed by atoms with van der Waals surface area (Å²) in [6, 6.07) is 0. The first-order chi connectivity index (χ1) is 7.79. The number of piperidine rings is 1. The van der Waals surface area contributed by atoms with E-state index in [0.717, 1.165) is 25.3 Å². The number of carbonyl (C=O) groups is 1. The summed E-state index contributed by atoms with van der Waals surface area (Å²) in [6.45, 7) is 5.66. The third-order valence-electron chi connectivity index (χ3n) is 3.68. The molecule has 1 saturated heterocycles.